The Morgan fingerprint density at radius 1 is 1.47 bits per heavy atom. The van der Waals surface area contributed by atoms with Gasteiger partial charge in [0.25, 0.3) is 5.91 Å². The predicted octanol–water partition coefficient (Wildman–Crippen LogP) is 1.37. The number of carboxylic acids is 1. The first kappa shape index (κ1) is 13.2. The second kappa shape index (κ2) is 5.98. The third-order valence-electron chi connectivity index (χ3n) is 2.31. The molecule has 0 saturated heterocycles. The summed E-state index contributed by atoms with van der Waals surface area (Å²) < 4.78 is 0. The van der Waals surface area contributed by atoms with Crippen LogP contribution < -0.4 is 5.32 Å². The molecule has 1 amide bonds. The lowest BCUT2D eigenvalue weighted by Gasteiger charge is -2.12. The average Bonchev–Trinajstić information content (AvgIpc) is 2.26. The summed E-state index contributed by atoms with van der Waals surface area (Å²) in [5, 5.41) is 11.3. The van der Waals surface area contributed by atoms with Gasteiger partial charge in [-0.2, -0.15) is 0 Å². The van der Waals surface area contributed by atoms with Crippen LogP contribution in [-0.4, -0.2) is 28.0 Å². The zero-order chi connectivity index (χ0) is 12.8. The second-order valence-electron chi connectivity index (χ2n) is 4.06. The first-order valence-corrected chi connectivity index (χ1v) is 5.43. The van der Waals surface area contributed by atoms with Gasteiger partial charge in [0.2, 0.25) is 0 Å². The fourth-order valence-corrected chi connectivity index (χ4v) is 1.40. The zero-order valence-electron chi connectivity index (χ0n) is 9.93. The number of hydrogen-bond donors (Lipinski definition) is 2. The Labute approximate surface area is 99.9 Å². The number of pyridine rings is 1. The molecule has 0 fully saturated rings. The van der Waals surface area contributed by atoms with Gasteiger partial charge in [-0.1, -0.05) is 0 Å². The van der Waals surface area contributed by atoms with Gasteiger partial charge in [0, 0.05) is 24.9 Å². The van der Waals surface area contributed by atoms with Crippen LogP contribution in [0.2, 0.25) is 0 Å². The summed E-state index contributed by atoms with van der Waals surface area (Å²) in [5.41, 5.74) is 1.41. The van der Waals surface area contributed by atoms with Crippen molar-refractivity contribution in [2.24, 2.45) is 0 Å². The van der Waals surface area contributed by atoms with E-state index in [0.29, 0.717) is 12.0 Å². The molecular weight excluding hydrogens is 220 g/mol. The minimum atomic E-state index is -0.858. The van der Waals surface area contributed by atoms with E-state index >= 15 is 0 Å². The van der Waals surface area contributed by atoms with Gasteiger partial charge >= 0.3 is 5.97 Å². The van der Waals surface area contributed by atoms with Gasteiger partial charge in [-0.15, -0.1) is 0 Å². The number of amides is 1. The highest BCUT2D eigenvalue weighted by Crippen LogP contribution is 2.03. The van der Waals surface area contributed by atoms with Crippen molar-refractivity contribution in [1.82, 2.24) is 10.3 Å². The molecule has 1 heterocycles. The van der Waals surface area contributed by atoms with Gasteiger partial charge in [-0.05, 0) is 31.9 Å². The van der Waals surface area contributed by atoms with E-state index in [1.807, 2.05) is 6.92 Å². The molecule has 5 heteroatoms. The zero-order valence-corrected chi connectivity index (χ0v) is 9.93. The molecule has 1 unspecified atom stereocenters. The highest BCUT2D eigenvalue weighted by atomic mass is 16.4. The van der Waals surface area contributed by atoms with E-state index in [1.54, 1.807) is 19.2 Å². The van der Waals surface area contributed by atoms with Gasteiger partial charge in [0.15, 0.2) is 0 Å². The molecule has 2 N–H and O–H groups in total. The van der Waals surface area contributed by atoms with Gasteiger partial charge in [0.05, 0.1) is 5.56 Å². The first-order chi connectivity index (χ1) is 7.99. The topological polar surface area (TPSA) is 79.3 Å². The summed E-state index contributed by atoms with van der Waals surface area (Å²) in [4.78, 5) is 26.1. The number of nitrogens with zero attached hydrogens (tertiary/aromatic N) is 1. The Bertz CT molecular complexity index is 418. The van der Waals surface area contributed by atoms with Crippen LogP contribution in [0, 0.1) is 6.92 Å². The van der Waals surface area contributed by atoms with Crippen LogP contribution in [0.5, 0.6) is 0 Å². The molecule has 0 aromatic carbocycles. The van der Waals surface area contributed by atoms with Gasteiger partial charge < -0.3 is 10.4 Å². The van der Waals surface area contributed by atoms with E-state index in [9.17, 15) is 9.59 Å². The van der Waals surface area contributed by atoms with Crippen LogP contribution >= 0.6 is 0 Å². The normalized spacial score (nSPS) is 11.9. The summed E-state index contributed by atoms with van der Waals surface area (Å²) in [5.74, 6) is -1.08. The Kier molecular flexibility index (Phi) is 4.63. The number of carbonyl (C=O) groups excluding carboxylic acids is 1. The third-order valence-corrected chi connectivity index (χ3v) is 2.31. The van der Waals surface area contributed by atoms with Crippen molar-refractivity contribution in [3.8, 4) is 0 Å². The molecular formula is C12H16N2O3. The average molecular weight is 236 g/mol. The Hall–Kier alpha value is -1.91. The predicted molar refractivity (Wildman–Crippen MR) is 62.8 cm³/mol. The number of carbonyl (C=O) groups is 2. The summed E-state index contributed by atoms with van der Waals surface area (Å²) in [6.07, 6.45) is 3.63. The summed E-state index contributed by atoms with van der Waals surface area (Å²) in [7, 11) is 0. The molecule has 0 bridgehead atoms. The maximum absolute atomic E-state index is 11.8. The lowest BCUT2D eigenvalue weighted by Crippen LogP contribution is -2.33. The van der Waals surface area contributed by atoms with Crippen LogP contribution in [0.15, 0.2) is 18.5 Å². The molecule has 0 aliphatic heterocycles. The van der Waals surface area contributed by atoms with E-state index in [4.69, 9.17) is 5.11 Å². The van der Waals surface area contributed by atoms with Gasteiger partial charge in [0.1, 0.15) is 0 Å². The van der Waals surface area contributed by atoms with E-state index in [-0.39, 0.29) is 18.4 Å². The molecule has 1 atom stereocenters. The minimum absolute atomic E-state index is 0.0491. The van der Waals surface area contributed by atoms with Crippen molar-refractivity contribution in [2.75, 3.05) is 0 Å². The SMILES string of the molecule is Cc1cncc(C(=O)NC(C)CCC(=O)O)c1. The van der Waals surface area contributed by atoms with E-state index in [2.05, 4.69) is 10.3 Å². The Morgan fingerprint density at radius 2 is 2.18 bits per heavy atom. The number of rotatable bonds is 5. The second-order valence-corrected chi connectivity index (χ2v) is 4.06. The number of aromatic nitrogens is 1. The van der Waals surface area contributed by atoms with Gasteiger partial charge in [-0.3, -0.25) is 14.6 Å². The minimum Gasteiger partial charge on any atom is -0.481 e. The quantitative estimate of drug-likeness (QED) is 0.809. The standard InChI is InChI=1S/C12H16N2O3/c1-8-5-10(7-13-6-8)12(17)14-9(2)3-4-11(15)16/h5-7,9H,3-4H2,1-2H3,(H,14,17)(H,15,16). The van der Waals surface area contributed by atoms with Crippen molar-refractivity contribution < 1.29 is 14.7 Å². The molecule has 1 aromatic heterocycles. The molecule has 0 aliphatic rings. The number of hydrogen-bond acceptors (Lipinski definition) is 3. The highest BCUT2D eigenvalue weighted by Gasteiger charge is 2.11. The summed E-state index contributed by atoms with van der Waals surface area (Å²) in [6, 6.07) is 1.57. The van der Waals surface area contributed by atoms with Gasteiger partial charge in [-0.25, -0.2) is 0 Å². The molecule has 1 aromatic rings. The molecule has 0 saturated carbocycles. The monoisotopic (exact) mass is 236 g/mol. The Morgan fingerprint density at radius 3 is 2.76 bits per heavy atom. The number of aryl methyl sites for hydroxylation is 1. The summed E-state index contributed by atoms with van der Waals surface area (Å²) >= 11 is 0. The number of aliphatic carboxylic acids is 1. The smallest absolute Gasteiger partial charge is 0.303 e. The van der Waals surface area contributed by atoms with Crippen molar-refractivity contribution in [2.45, 2.75) is 32.7 Å². The maximum Gasteiger partial charge on any atom is 0.303 e. The lowest BCUT2D eigenvalue weighted by atomic mass is 10.1. The molecule has 17 heavy (non-hydrogen) atoms. The van der Waals surface area contributed by atoms with Crippen LogP contribution in [0.1, 0.15) is 35.7 Å². The highest BCUT2D eigenvalue weighted by molar-refractivity contribution is 5.94. The van der Waals surface area contributed by atoms with E-state index in [0.717, 1.165) is 5.56 Å². The fourth-order valence-electron chi connectivity index (χ4n) is 1.40. The molecule has 1 rings (SSSR count). The van der Waals surface area contributed by atoms with E-state index in [1.165, 1.54) is 6.20 Å². The third kappa shape index (κ3) is 4.63. The van der Waals surface area contributed by atoms with Crippen molar-refractivity contribution in [3.05, 3.63) is 29.6 Å². The van der Waals surface area contributed by atoms with Crippen LogP contribution in [0.25, 0.3) is 0 Å². The number of nitrogens with one attached hydrogen (secondary N) is 1. The molecule has 92 valence electrons. The van der Waals surface area contributed by atoms with Crippen molar-refractivity contribution >= 4 is 11.9 Å². The molecule has 0 radical (unpaired) electrons. The lowest BCUT2D eigenvalue weighted by molar-refractivity contribution is -0.137. The van der Waals surface area contributed by atoms with Crippen LogP contribution in [0.4, 0.5) is 0 Å². The van der Waals surface area contributed by atoms with Crippen LogP contribution in [0.3, 0.4) is 0 Å². The van der Waals surface area contributed by atoms with E-state index < -0.39 is 5.97 Å². The largest absolute Gasteiger partial charge is 0.481 e. The molecule has 0 aliphatic carbocycles. The van der Waals surface area contributed by atoms with Crippen LogP contribution in [-0.2, 0) is 4.79 Å². The molecule has 0 spiro atoms. The van der Waals surface area contributed by atoms with Crippen molar-refractivity contribution in [1.29, 1.82) is 0 Å². The first-order valence-electron chi connectivity index (χ1n) is 5.43. The summed E-state index contributed by atoms with van der Waals surface area (Å²) in [6.45, 7) is 3.64. The number of carboxylic acid groups (broad SMARTS) is 1. The molecule has 5 nitrogen and oxygen atoms in total. The maximum atomic E-state index is 11.8. The fraction of sp³-hybridized carbons (Fsp3) is 0.417. The Balaban J connectivity index is 2.51. The van der Waals surface area contributed by atoms with Crippen molar-refractivity contribution in [3.63, 3.8) is 0 Å².